The summed E-state index contributed by atoms with van der Waals surface area (Å²) < 4.78 is 1.63. The molecule has 0 saturated carbocycles. The molecule has 10 nitrogen and oxygen atoms in total. The third-order valence-corrected chi connectivity index (χ3v) is 9.14. The van der Waals surface area contributed by atoms with Crippen molar-refractivity contribution in [2.75, 3.05) is 13.7 Å². The molecule has 3 amide bonds. The maximum Gasteiger partial charge on any atom is 0.246 e. The van der Waals surface area contributed by atoms with Crippen LogP contribution in [0, 0.1) is 11.8 Å². The molecule has 0 spiro atoms. The maximum absolute atomic E-state index is 14.0. The van der Waals surface area contributed by atoms with Crippen molar-refractivity contribution < 1.29 is 28.8 Å². The largest absolute Gasteiger partial charge is 0.417 e. The van der Waals surface area contributed by atoms with Crippen molar-refractivity contribution in [1.82, 2.24) is 20.3 Å². The number of ketones is 1. The molecule has 1 unspecified atom stereocenters. The lowest BCUT2D eigenvalue weighted by atomic mass is 9.87. The fourth-order valence-corrected chi connectivity index (χ4v) is 6.40. The molecule has 2 N–H and O–H groups in total. The molecule has 1 aromatic carbocycles. The van der Waals surface area contributed by atoms with E-state index in [0.29, 0.717) is 38.6 Å². The smallest absolute Gasteiger partial charge is 0.246 e. The quantitative estimate of drug-likeness (QED) is 0.303. The molecule has 2 aromatic rings. The molecule has 0 radical (unpaired) electrons. The van der Waals surface area contributed by atoms with E-state index in [1.54, 1.807) is 16.7 Å². The lowest BCUT2D eigenvalue weighted by Crippen LogP contribution is -2.61. The number of benzene rings is 1. The Morgan fingerprint density at radius 3 is 2.58 bits per heavy atom. The minimum absolute atomic E-state index is 0.0132. The predicted molar refractivity (Wildman–Crippen MR) is 163 cm³/mol. The van der Waals surface area contributed by atoms with E-state index in [0.717, 1.165) is 48.4 Å². The first-order valence-corrected chi connectivity index (χ1v) is 15.8. The topological polar surface area (TPSA) is 127 Å². The number of nitrogens with one attached hydrogen (secondary N) is 2. The van der Waals surface area contributed by atoms with Gasteiger partial charge in [-0.2, -0.15) is 4.73 Å². The number of nitrogens with zero attached hydrogens (tertiary/aromatic N) is 2. The number of rotatable bonds is 11. The van der Waals surface area contributed by atoms with E-state index < -0.39 is 30.0 Å². The summed E-state index contributed by atoms with van der Waals surface area (Å²) in [5.74, 6) is -1.89. The number of piperidine rings is 1. The standard InChI is InChI=1S/C33H46N4O6/c1-4-22(2)30-33(42)36-17-11-10-16-28(36)29(39)20-23(13-7-5-6-12-18-38)31(40)34-26(32(41)35-30)19-24-21-37(43-3)27-15-9-8-14-25(24)27/h8-9,14-15,18,21-23,26,28,30H,4-7,10-13,16-17,19-20H2,1-3H3,(H,34,40)(H,35,41)/t22?,23-,26+,28-,30+/m1/s1. The molecular weight excluding hydrogens is 548 g/mol. The van der Waals surface area contributed by atoms with Crippen LogP contribution in [0.1, 0.15) is 83.6 Å². The number of aromatic nitrogens is 1. The van der Waals surface area contributed by atoms with E-state index in [9.17, 15) is 24.0 Å². The van der Waals surface area contributed by atoms with Gasteiger partial charge in [-0.3, -0.25) is 19.2 Å². The predicted octanol–water partition coefficient (Wildman–Crippen LogP) is 3.38. The van der Waals surface area contributed by atoms with E-state index in [4.69, 9.17) is 4.84 Å². The van der Waals surface area contributed by atoms with Crippen LogP contribution in [0.4, 0.5) is 0 Å². The average molecular weight is 595 g/mol. The van der Waals surface area contributed by atoms with Crippen molar-refractivity contribution in [3.63, 3.8) is 0 Å². The molecule has 3 heterocycles. The lowest BCUT2D eigenvalue weighted by Gasteiger charge is -2.39. The fourth-order valence-electron chi connectivity index (χ4n) is 6.40. The number of hydrogen-bond acceptors (Lipinski definition) is 6. The Bertz CT molecular complexity index is 1310. The minimum Gasteiger partial charge on any atom is -0.417 e. The molecule has 4 rings (SSSR count). The Morgan fingerprint density at radius 1 is 1.05 bits per heavy atom. The number of para-hydroxylation sites is 1. The highest BCUT2D eigenvalue weighted by Crippen LogP contribution is 2.27. The van der Waals surface area contributed by atoms with Crippen molar-refractivity contribution in [1.29, 1.82) is 0 Å². The summed E-state index contributed by atoms with van der Waals surface area (Å²) in [5, 5.41) is 6.87. The molecule has 0 bridgehead atoms. The number of hydrogen-bond donors (Lipinski definition) is 2. The van der Waals surface area contributed by atoms with Gasteiger partial charge in [0.25, 0.3) is 0 Å². The Balaban J connectivity index is 1.69. The average Bonchev–Trinajstić information content (AvgIpc) is 3.38. The highest BCUT2D eigenvalue weighted by molar-refractivity contribution is 5.98. The summed E-state index contributed by atoms with van der Waals surface area (Å²) in [6.45, 7) is 4.36. The normalized spacial score (nSPS) is 24.4. The molecule has 10 heteroatoms. The number of fused-ring (bicyclic) bond motifs is 2. The van der Waals surface area contributed by atoms with E-state index in [-0.39, 0.29) is 36.4 Å². The first-order chi connectivity index (χ1) is 20.8. The van der Waals surface area contributed by atoms with E-state index in [1.165, 1.54) is 0 Å². The Hall–Kier alpha value is -3.69. The molecule has 2 aliphatic rings. The Labute approximate surface area is 253 Å². The maximum atomic E-state index is 14.0. The summed E-state index contributed by atoms with van der Waals surface area (Å²) in [4.78, 5) is 73.5. The number of unbranched alkanes of at least 4 members (excludes halogenated alkanes) is 3. The van der Waals surface area contributed by atoms with Crippen LogP contribution in [-0.2, 0) is 30.4 Å². The zero-order valence-electron chi connectivity index (χ0n) is 25.7. The Morgan fingerprint density at radius 2 is 1.84 bits per heavy atom. The first kappa shape index (κ1) is 32.2. The van der Waals surface area contributed by atoms with Crippen LogP contribution in [-0.4, -0.2) is 71.2 Å². The van der Waals surface area contributed by atoms with E-state index in [2.05, 4.69) is 10.6 Å². The van der Waals surface area contributed by atoms with Crippen molar-refractivity contribution >= 4 is 40.7 Å². The second-order valence-electron chi connectivity index (χ2n) is 12.0. The molecule has 43 heavy (non-hydrogen) atoms. The zero-order chi connectivity index (χ0) is 30.9. The SMILES string of the molecule is CCC(C)[C@@H]1NC(=O)[C@H](Cc2cn(OC)c3ccccc23)NC(=O)[C@H](CCCCCC=O)CC(=O)[C@H]2CCCCN2C1=O. The van der Waals surface area contributed by atoms with Gasteiger partial charge in [0.15, 0.2) is 5.78 Å². The number of carbonyl (C=O) groups is 5. The molecule has 5 atom stereocenters. The van der Waals surface area contributed by atoms with Gasteiger partial charge in [-0.15, -0.1) is 0 Å². The number of Topliss-reactive ketones (excluding diaryl/α,β-unsaturated/α-hetero) is 1. The summed E-state index contributed by atoms with van der Waals surface area (Å²) in [5.41, 5.74) is 1.65. The van der Waals surface area contributed by atoms with Crippen molar-refractivity contribution in [3.05, 3.63) is 36.0 Å². The van der Waals surface area contributed by atoms with Gasteiger partial charge in [0.2, 0.25) is 17.7 Å². The van der Waals surface area contributed by atoms with Crippen LogP contribution < -0.4 is 15.5 Å². The minimum atomic E-state index is -0.966. The third kappa shape index (κ3) is 7.64. The van der Waals surface area contributed by atoms with Gasteiger partial charge in [-0.05, 0) is 49.7 Å². The Kier molecular flexibility index (Phi) is 11.4. The van der Waals surface area contributed by atoms with Gasteiger partial charge < -0.3 is 25.2 Å². The second-order valence-corrected chi connectivity index (χ2v) is 12.0. The van der Waals surface area contributed by atoms with Crippen molar-refractivity contribution in [2.45, 2.75) is 103 Å². The number of aldehydes is 1. The van der Waals surface area contributed by atoms with Gasteiger partial charge in [0, 0.05) is 43.3 Å². The van der Waals surface area contributed by atoms with Gasteiger partial charge in [-0.25, -0.2) is 0 Å². The number of amides is 3. The van der Waals surface area contributed by atoms with Crippen LogP contribution in [0.25, 0.3) is 10.9 Å². The van der Waals surface area contributed by atoms with Gasteiger partial charge in [-0.1, -0.05) is 51.3 Å². The summed E-state index contributed by atoms with van der Waals surface area (Å²) in [6.07, 6.45) is 8.84. The first-order valence-electron chi connectivity index (χ1n) is 15.8. The molecule has 0 aliphatic carbocycles. The molecule has 2 fully saturated rings. The van der Waals surface area contributed by atoms with Crippen LogP contribution in [0.3, 0.4) is 0 Å². The van der Waals surface area contributed by atoms with Gasteiger partial charge in [0.1, 0.15) is 25.5 Å². The molecule has 2 aliphatic heterocycles. The number of carbonyl (C=O) groups excluding carboxylic acids is 5. The molecular formula is C33H46N4O6. The van der Waals surface area contributed by atoms with Crippen LogP contribution >= 0.6 is 0 Å². The van der Waals surface area contributed by atoms with Crippen LogP contribution in [0.5, 0.6) is 0 Å². The summed E-state index contributed by atoms with van der Waals surface area (Å²) >= 11 is 0. The highest BCUT2D eigenvalue weighted by Gasteiger charge is 2.40. The monoisotopic (exact) mass is 594 g/mol. The highest BCUT2D eigenvalue weighted by atomic mass is 16.6. The van der Waals surface area contributed by atoms with Crippen LogP contribution in [0.15, 0.2) is 30.5 Å². The fraction of sp³-hybridized carbons (Fsp3) is 0.606. The van der Waals surface area contributed by atoms with Crippen molar-refractivity contribution in [3.8, 4) is 0 Å². The van der Waals surface area contributed by atoms with E-state index in [1.807, 2.05) is 44.3 Å². The van der Waals surface area contributed by atoms with E-state index >= 15 is 0 Å². The molecule has 1 aromatic heterocycles. The van der Waals surface area contributed by atoms with Crippen LogP contribution in [0.2, 0.25) is 0 Å². The van der Waals surface area contributed by atoms with Gasteiger partial charge in [0.05, 0.1) is 11.6 Å². The third-order valence-electron chi connectivity index (χ3n) is 9.14. The summed E-state index contributed by atoms with van der Waals surface area (Å²) in [7, 11) is 1.56. The lowest BCUT2D eigenvalue weighted by molar-refractivity contribution is -0.147. The molecule has 234 valence electrons. The molecule has 2 saturated heterocycles. The van der Waals surface area contributed by atoms with Crippen molar-refractivity contribution in [2.24, 2.45) is 11.8 Å². The zero-order valence-corrected chi connectivity index (χ0v) is 25.7. The summed E-state index contributed by atoms with van der Waals surface area (Å²) in [6, 6.07) is 5.30. The second kappa shape index (κ2) is 15.2. The van der Waals surface area contributed by atoms with Gasteiger partial charge >= 0.3 is 0 Å².